The van der Waals surface area contributed by atoms with Crippen LogP contribution in [0.1, 0.15) is 36.1 Å². The van der Waals surface area contributed by atoms with E-state index in [1.807, 2.05) is 32.9 Å². The molecule has 0 saturated carbocycles. The maximum atomic E-state index is 12.9. The Hall–Kier alpha value is -1.37. The molecule has 1 N–H and O–H groups in total. The Morgan fingerprint density at radius 3 is 2.46 bits per heavy atom. The van der Waals surface area contributed by atoms with Crippen LogP contribution in [0.25, 0.3) is 0 Å². The van der Waals surface area contributed by atoms with Crippen molar-refractivity contribution < 1.29 is 13.2 Å². The van der Waals surface area contributed by atoms with Crippen LogP contribution < -0.4 is 9.46 Å². The number of aryl methyl sites for hydroxylation is 2. The lowest BCUT2D eigenvalue weighted by Gasteiger charge is -2.21. The summed E-state index contributed by atoms with van der Waals surface area (Å²) in [6.07, 6.45) is 0.652. The van der Waals surface area contributed by atoms with Crippen LogP contribution in [0.3, 0.4) is 0 Å². The fraction of sp³-hybridized carbons (Fsp3) is 0.333. The molecule has 24 heavy (non-hydrogen) atoms. The van der Waals surface area contributed by atoms with Crippen LogP contribution >= 0.6 is 15.9 Å². The smallest absolute Gasteiger partial charge is 0.244 e. The first-order valence-electron chi connectivity index (χ1n) is 7.71. The maximum Gasteiger partial charge on any atom is 0.244 e. The average molecular weight is 412 g/mol. The SMILES string of the molecule is CCC(NS(=O)(=O)c1cc(Br)ccc1OC)c1ccc(C)cc1C. The molecule has 2 aromatic rings. The number of hydrogen-bond acceptors (Lipinski definition) is 3. The molecule has 0 radical (unpaired) electrons. The molecule has 4 nitrogen and oxygen atoms in total. The highest BCUT2D eigenvalue weighted by Gasteiger charge is 2.24. The first-order chi connectivity index (χ1) is 11.3. The summed E-state index contributed by atoms with van der Waals surface area (Å²) in [6, 6.07) is 10.7. The van der Waals surface area contributed by atoms with E-state index >= 15 is 0 Å². The van der Waals surface area contributed by atoms with Crippen molar-refractivity contribution in [3.8, 4) is 5.75 Å². The first-order valence-corrected chi connectivity index (χ1v) is 9.99. The molecule has 0 bridgehead atoms. The fourth-order valence-electron chi connectivity index (χ4n) is 2.69. The van der Waals surface area contributed by atoms with Gasteiger partial charge in [-0.1, -0.05) is 46.6 Å². The molecule has 0 saturated heterocycles. The molecule has 0 amide bonds. The van der Waals surface area contributed by atoms with Crippen molar-refractivity contribution >= 4 is 26.0 Å². The van der Waals surface area contributed by atoms with Crippen molar-refractivity contribution in [3.63, 3.8) is 0 Å². The number of halogens is 1. The van der Waals surface area contributed by atoms with Crippen LogP contribution in [0.5, 0.6) is 5.75 Å². The van der Waals surface area contributed by atoms with E-state index in [9.17, 15) is 8.42 Å². The van der Waals surface area contributed by atoms with E-state index in [0.717, 1.165) is 16.7 Å². The quantitative estimate of drug-likeness (QED) is 0.760. The Kier molecular flexibility index (Phi) is 6.06. The molecule has 0 aromatic heterocycles. The summed E-state index contributed by atoms with van der Waals surface area (Å²) in [4.78, 5) is 0.127. The number of methoxy groups -OCH3 is 1. The Morgan fingerprint density at radius 1 is 1.17 bits per heavy atom. The van der Waals surface area contributed by atoms with Gasteiger partial charge in [-0.25, -0.2) is 13.1 Å². The van der Waals surface area contributed by atoms with Crippen LogP contribution in [-0.4, -0.2) is 15.5 Å². The zero-order valence-electron chi connectivity index (χ0n) is 14.3. The monoisotopic (exact) mass is 411 g/mol. The Balaban J connectivity index is 2.41. The van der Waals surface area contributed by atoms with Crippen molar-refractivity contribution in [1.82, 2.24) is 4.72 Å². The van der Waals surface area contributed by atoms with Gasteiger partial charge in [0, 0.05) is 10.5 Å². The van der Waals surface area contributed by atoms with Crippen molar-refractivity contribution in [1.29, 1.82) is 0 Å². The molecule has 2 aromatic carbocycles. The van der Waals surface area contributed by atoms with Gasteiger partial charge in [-0.2, -0.15) is 0 Å². The second-order valence-electron chi connectivity index (χ2n) is 5.74. The zero-order chi connectivity index (χ0) is 17.9. The number of sulfonamides is 1. The summed E-state index contributed by atoms with van der Waals surface area (Å²) in [6.45, 7) is 5.98. The van der Waals surface area contributed by atoms with E-state index in [1.165, 1.54) is 7.11 Å². The van der Waals surface area contributed by atoms with Gasteiger partial charge in [0.2, 0.25) is 10.0 Å². The van der Waals surface area contributed by atoms with Gasteiger partial charge in [-0.3, -0.25) is 0 Å². The lowest BCUT2D eigenvalue weighted by atomic mass is 9.98. The fourth-order valence-corrected chi connectivity index (χ4v) is 4.70. The molecular weight excluding hydrogens is 390 g/mol. The molecule has 0 fully saturated rings. The molecule has 0 aliphatic rings. The molecule has 0 aliphatic carbocycles. The zero-order valence-corrected chi connectivity index (χ0v) is 16.7. The third-order valence-electron chi connectivity index (χ3n) is 3.92. The Bertz CT molecular complexity index is 834. The van der Waals surface area contributed by atoms with Gasteiger partial charge in [0.15, 0.2) is 0 Å². The van der Waals surface area contributed by atoms with Crippen LogP contribution in [0.4, 0.5) is 0 Å². The standard InChI is InChI=1S/C18H22BrNO3S/c1-5-16(15-8-6-12(2)10-13(15)3)20-24(21,22)18-11-14(19)7-9-17(18)23-4/h6-11,16,20H,5H2,1-4H3. The molecule has 130 valence electrons. The second-order valence-corrected chi connectivity index (χ2v) is 8.34. The van der Waals surface area contributed by atoms with Crippen LogP contribution in [0, 0.1) is 13.8 Å². The van der Waals surface area contributed by atoms with Crippen LogP contribution in [0.15, 0.2) is 45.8 Å². The van der Waals surface area contributed by atoms with Crippen LogP contribution in [0.2, 0.25) is 0 Å². The summed E-state index contributed by atoms with van der Waals surface area (Å²) in [7, 11) is -2.25. The predicted molar refractivity (Wildman–Crippen MR) is 100.0 cm³/mol. The largest absolute Gasteiger partial charge is 0.495 e. The topological polar surface area (TPSA) is 55.4 Å². The van der Waals surface area contributed by atoms with Crippen molar-refractivity contribution in [2.24, 2.45) is 0 Å². The maximum absolute atomic E-state index is 12.9. The van der Waals surface area contributed by atoms with Gasteiger partial charge in [0.05, 0.1) is 7.11 Å². The normalized spacial score (nSPS) is 12.9. The molecule has 6 heteroatoms. The number of benzene rings is 2. The van der Waals surface area contributed by atoms with Gasteiger partial charge >= 0.3 is 0 Å². The van der Waals surface area contributed by atoms with Gasteiger partial charge in [0.25, 0.3) is 0 Å². The van der Waals surface area contributed by atoms with Gasteiger partial charge in [-0.05, 0) is 49.6 Å². The predicted octanol–water partition coefficient (Wildman–Crippen LogP) is 4.50. The Labute approximate surface area is 152 Å². The Morgan fingerprint density at radius 2 is 1.88 bits per heavy atom. The number of rotatable bonds is 6. The molecule has 1 atom stereocenters. The van der Waals surface area contributed by atoms with E-state index in [0.29, 0.717) is 16.6 Å². The molecule has 0 spiro atoms. The van der Waals surface area contributed by atoms with E-state index in [1.54, 1.807) is 18.2 Å². The van der Waals surface area contributed by atoms with E-state index < -0.39 is 10.0 Å². The number of hydrogen-bond donors (Lipinski definition) is 1. The molecule has 0 aliphatic heterocycles. The number of ether oxygens (including phenoxy) is 1. The van der Waals surface area contributed by atoms with Crippen molar-refractivity contribution in [2.75, 3.05) is 7.11 Å². The lowest BCUT2D eigenvalue weighted by molar-refractivity contribution is 0.401. The van der Waals surface area contributed by atoms with E-state index in [4.69, 9.17) is 4.74 Å². The van der Waals surface area contributed by atoms with Crippen LogP contribution in [-0.2, 0) is 10.0 Å². The highest BCUT2D eigenvalue weighted by molar-refractivity contribution is 9.10. The summed E-state index contributed by atoms with van der Waals surface area (Å²) in [5, 5.41) is 0. The molecule has 0 heterocycles. The molecule has 1 unspecified atom stereocenters. The van der Waals surface area contributed by atoms with Crippen molar-refractivity contribution in [3.05, 3.63) is 57.6 Å². The highest BCUT2D eigenvalue weighted by atomic mass is 79.9. The molecular formula is C18H22BrNO3S. The summed E-state index contributed by atoms with van der Waals surface area (Å²) >= 11 is 3.32. The van der Waals surface area contributed by atoms with Gasteiger partial charge < -0.3 is 4.74 Å². The summed E-state index contributed by atoms with van der Waals surface area (Å²) in [5.41, 5.74) is 3.22. The summed E-state index contributed by atoms with van der Waals surface area (Å²) < 4.78 is 34.4. The average Bonchev–Trinajstić information content (AvgIpc) is 2.53. The van der Waals surface area contributed by atoms with Gasteiger partial charge in [0.1, 0.15) is 10.6 Å². The number of nitrogens with one attached hydrogen (secondary N) is 1. The van der Waals surface area contributed by atoms with E-state index in [2.05, 4.69) is 26.7 Å². The van der Waals surface area contributed by atoms with E-state index in [-0.39, 0.29) is 10.9 Å². The minimum atomic E-state index is -3.72. The summed E-state index contributed by atoms with van der Waals surface area (Å²) in [5.74, 6) is 0.321. The molecule has 2 rings (SSSR count). The minimum Gasteiger partial charge on any atom is -0.495 e. The lowest BCUT2D eigenvalue weighted by Crippen LogP contribution is -2.29. The van der Waals surface area contributed by atoms with Gasteiger partial charge in [-0.15, -0.1) is 0 Å². The second kappa shape index (κ2) is 7.68. The highest BCUT2D eigenvalue weighted by Crippen LogP contribution is 2.30. The minimum absolute atomic E-state index is 0.127. The first kappa shape index (κ1) is 19.0. The van der Waals surface area contributed by atoms with Crippen molar-refractivity contribution in [2.45, 2.75) is 38.1 Å². The third-order valence-corrected chi connectivity index (χ3v) is 5.91. The third kappa shape index (κ3) is 4.18.